The van der Waals surface area contributed by atoms with Crippen molar-refractivity contribution >= 4 is 17.3 Å². The van der Waals surface area contributed by atoms with E-state index in [4.69, 9.17) is 5.73 Å². The smallest absolute Gasteiger partial charge is 0.191 e. The summed E-state index contributed by atoms with van der Waals surface area (Å²) in [5.74, 6) is 1.43. The van der Waals surface area contributed by atoms with Gasteiger partial charge in [-0.3, -0.25) is 0 Å². The molecule has 1 aromatic heterocycles. The van der Waals surface area contributed by atoms with Gasteiger partial charge in [0.2, 0.25) is 0 Å². The number of hydrogen-bond acceptors (Lipinski definition) is 3. The lowest BCUT2D eigenvalue weighted by Gasteiger charge is -2.20. The molecule has 0 atom stereocenters. The third kappa shape index (κ3) is 3.47. The molecule has 104 valence electrons. The average molecular weight is 278 g/mol. The van der Waals surface area contributed by atoms with Crippen molar-refractivity contribution in [3.8, 4) is 0 Å². The molecule has 4 nitrogen and oxygen atoms in total. The Hall–Kier alpha value is -1.10. The molecule has 0 spiro atoms. The topological polar surface area (TPSA) is 54.5 Å². The molecule has 0 amide bonds. The van der Waals surface area contributed by atoms with Gasteiger partial charge in [0.25, 0.3) is 0 Å². The molecule has 2 heterocycles. The van der Waals surface area contributed by atoms with Gasteiger partial charge in [-0.1, -0.05) is 12.8 Å². The highest BCUT2D eigenvalue weighted by molar-refractivity contribution is 7.09. The number of rotatable bonds is 3. The number of nitrogens with two attached hydrogens (primary N) is 1. The van der Waals surface area contributed by atoms with Gasteiger partial charge in [-0.05, 0) is 25.7 Å². The third-order valence-corrected chi connectivity index (χ3v) is 4.72. The van der Waals surface area contributed by atoms with E-state index < -0.39 is 0 Å². The summed E-state index contributed by atoms with van der Waals surface area (Å²) in [6, 6.07) is 0. The maximum Gasteiger partial charge on any atom is 0.191 e. The van der Waals surface area contributed by atoms with Gasteiger partial charge >= 0.3 is 0 Å². The van der Waals surface area contributed by atoms with Crippen molar-refractivity contribution in [2.24, 2.45) is 10.7 Å². The van der Waals surface area contributed by atoms with Gasteiger partial charge in [-0.25, -0.2) is 9.98 Å². The Morgan fingerprint density at radius 3 is 2.74 bits per heavy atom. The second kappa shape index (κ2) is 5.90. The lowest BCUT2D eigenvalue weighted by molar-refractivity contribution is 0.428. The SMILES string of the molecule is NC(=NCc1nc(C2CC2)cs1)N1CCCCCC1. The molecule has 2 aliphatic rings. The molecule has 1 aliphatic carbocycles. The molecule has 1 saturated carbocycles. The Kier molecular flexibility index (Phi) is 4.01. The summed E-state index contributed by atoms with van der Waals surface area (Å²) < 4.78 is 0. The first-order valence-electron chi connectivity index (χ1n) is 7.32. The molecule has 2 N–H and O–H groups in total. The van der Waals surface area contributed by atoms with E-state index in [1.165, 1.54) is 44.2 Å². The quantitative estimate of drug-likeness (QED) is 0.683. The number of thiazole rings is 1. The Bertz CT molecular complexity index is 442. The fourth-order valence-corrected chi connectivity index (χ4v) is 3.31. The molecule has 1 aromatic rings. The Labute approximate surface area is 118 Å². The highest BCUT2D eigenvalue weighted by Crippen LogP contribution is 2.40. The summed E-state index contributed by atoms with van der Waals surface area (Å²) in [6.45, 7) is 2.75. The largest absolute Gasteiger partial charge is 0.370 e. The van der Waals surface area contributed by atoms with Crippen molar-refractivity contribution in [1.29, 1.82) is 0 Å². The minimum absolute atomic E-state index is 0.639. The number of aliphatic imine (C=N–C) groups is 1. The van der Waals surface area contributed by atoms with Gasteiger partial charge < -0.3 is 10.6 Å². The highest BCUT2D eigenvalue weighted by Gasteiger charge is 2.25. The second-order valence-corrected chi connectivity index (χ2v) is 6.46. The van der Waals surface area contributed by atoms with Crippen molar-refractivity contribution in [3.63, 3.8) is 0 Å². The average Bonchev–Trinajstić information content (AvgIpc) is 3.21. The first-order chi connectivity index (χ1) is 9.33. The van der Waals surface area contributed by atoms with Crippen LogP contribution >= 0.6 is 11.3 Å². The van der Waals surface area contributed by atoms with E-state index in [0.717, 1.165) is 24.0 Å². The van der Waals surface area contributed by atoms with E-state index in [1.54, 1.807) is 11.3 Å². The normalized spacial score (nSPS) is 21.5. The van der Waals surface area contributed by atoms with Crippen LogP contribution in [0.4, 0.5) is 0 Å². The molecule has 5 heteroatoms. The predicted molar refractivity (Wildman–Crippen MR) is 79.5 cm³/mol. The van der Waals surface area contributed by atoms with E-state index in [9.17, 15) is 0 Å². The molecule has 0 unspecified atom stereocenters. The third-order valence-electron chi connectivity index (χ3n) is 3.87. The van der Waals surface area contributed by atoms with Crippen molar-refractivity contribution in [1.82, 2.24) is 9.88 Å². The molecule has 3 rings (SSSR count). The van der Waals surface area contributed by atoms with Gasteiger partial charge in [0.15, 0.2) is 5.96 Å². The first-order valence-corrected chi connectivity index (χ1v) is 8.20. The van der Waals surface area contributed by atoms with Crippen LogP contribution in [0, 0.1) is 0 Å². The zero-order valence-electron chi connectivity index (χ0n) is 11.3. The van der Waals surface area contributed by atoms with Gasteiger partial charge in [0.1, 0.15) is 5.01 Å². The minimum Gasteiger partial charge on any atom is -0.370 e. The van der Waals surface area contributed by atoms with E-state index in [2.05, 4.69) is 20.3 Å². The molecule has 1 aliphatic heterocycles. The lowest BCUT2D eigenvalue weighted by Crippen LogP contribution is -2.38. The first kappa shape index (κ1) is 12.9. The van der Waals surface area contributed by atoms with Crippen LogP contribution in [0.1, 0.15) is 55.1 Å². The zero-order chi connectivity index (χ0) is 13.1. The van der Waals surface area contributed by atoms with Crippen molar-refractivity contribution in [3.05, 3.63) is 16.1 Å². The van der Waals surface area contributed by atoms with Gasteiger partial charge in [0.05, 0.1) is 12.2 Å². The molecule has 0 bridgehead atoms. The predicted octanol–water partition coefficient (Wildman–Crippen LogP) is 2.71. The maximum absolute atomic E-state index is 6.10. The summed E-state index contributed by atoms with van der Waals surface area (Å²) in [7, 11) is 0. The van der Waals surface area contributed by atoms with Crippen molar-refractivity contribution in [2.45, 2.75) is 51.0 Å². The Balaban J connectivity index is 1.57. The number of hydrogen-bond donors (Lipinski definition) is 1. The molecule has 0 radical (unpaired) electrons. The summed E-state index contributed by atoms with van der Waals surface area (Å²) in [4.78, 5) is 11.4. The highest BCUT2D eigenvalue weighted by atomic mass is 32.1. The van der Waals surface area contributed by atoms with Crippen molar-refractivity contribution in [2.75, 3.05) is 13.1 Å². The summed E-state index contributed by atoms with van der Waals surface area (Å²) in [5.41, 5.74) is 7.36. The van der Waals surface area contributed by atoms with Crippen LogP contribution in [0.3, 0.4) is 0 Å². The monoisotopic (exact) mass is 278 g/mol. The summed E-state index contributed by atoms with van der Waals surface area (Å²) in [5, 5.41) is 3.28. The Morgan fingerprint density at radius 1 is 1.32 bits per heavy atom. The van der Waals surface area contributed by atoms with Crippen LogP contribution in [-0.2, 0) is 6.54 Å². The van der Waals surface area contributed by atoms with Gasteiger partial charge in [-0.2, -0.15) is 0 Å². The van der Waals surface area contributed by atoms with Crippen LogP contribution in [0.5, 0.6) is 0 Å². The minimum atomic E-state index is 0.639. The van der Waals surface area contributed by atoms with E-state index in [-0.39, 0.29) is 0 Å². The molecule has 1 saturated heterocycles. The number of nitrogens with zero attached hydrogens (tertiary/aromatic N) is 3. The number of guanidine groups is 1. The fraction of sp³-hybridized carbons (Fsp3) is 0.714. The van der Waals surface area contributed by atoms with E-state index in [0.29, 0.717) is 12.5 Å². The van der Waals surface area contributed by atoms with Crippen LogP contribution in [0.15, 0.2) is 10.4 Å². The standard InChI is InChI=1S/C14H22N4S/c15-14(18-7-3-1-2-4-8-18)16-9-13-17-12(10-19-13)11-5-6-11/h10-11H,1-9H2,(H2,15,16). The van der Waals surface area contributed by atoms with Crippen molar-refractivity contribution < 1.29 is 0 Å². The lowest BCUT2D eigenvalue weighted by atomic mass is 10.2. The van der Waals surface area contributed by atoms with Crippen LogP contribution < -0.4 is 5.73 Å². The molecule has 19 heavy (non-hydrogen) atoms. The zero-order valence-corrected chi connectivity index (χ0v) is 12.2. The number of likely N-dealkylation sites (tertiary alicyclic amines) is 1. The van der Waals surface area contributed by atoms with Crippen LogP contribution in [0.2, 0.25) is 0 Å². The second-order valence-electron chi connectivity index (χ2n) is 5.52. The maximum atomic E-state index is 6.10. The molecule has 0 aromatic carbocycles. The number of aromatic nitrogens is 1. The van der Waals surface area contributed by atoms with Gasteiger partial charge in [0, 0.05) is 24.4 Å². The van der Waals surface area contributed by atoms with Crippen LogP contribution in [0.25, 0.3) is 0 Å². The summed E-state index contributed by atoms with van der Waals surface area (Å²) in [6.07, 6.45) is 7.73. The summed E-state index contributed by atoms with van der Waals surface area (Å²) >= 11 is 1.72. The van der Waals surface area contributed by atoms with E-state index >= 15 is 0 Å². The molecular weight excluding hydrogens is 256 g/mol. The fourth-order valence-electron chi connectivity index (χ4n) is 2.51. The van der Waals surface area contributed by atoms with E-state index in [1.807, 2.05) is 0 Å². The van der Waals surface area contributed by atoms with Crippen LogP contribution in [-0.4, -0.2) is 28.9 Å². The molecular formula is C14H22N4S. The molecule has 2 fully saturated rings. The Morgan fingerprint density at radius 2 is 2.05 bits per heavy atom. The van der Waals surface area contributed by atoms with Gasteiger partial charge in [-0.15, -0.1) is 11.3 Å².